The third kappa shape index (κ3) is 3.94. The van der Waals surface area contributed by atoms with E-state index in [1.165, 1.54) is 44.9 Å². The van der Waals surface area contributed by atoms with Gasteiger partial charge in [0.05, 0.1) is 6.10 Å². The van der Waals surface area contributed by atoms with Crippen molar-refractivity contribution in [2.24, 2.45) is 0 Å². The van der Waals surface area contributed by atoms with Crippen LogP contribution in [0.4, 0.5) is 0 Å². The fraction of sp³-hybridized carbons (Fsp3) is 1.00. The second-order valence-corrected chi connectivity index (χ2v) is 6.23. The third-order valence-electron chi connectivity index (χ3n) is 3.93. The molecule has 0 bridgehead atoms. The van der Waals surface area contributed by atoms with Crippen LogP contribution in [0.5, 0.6) is 0 Å². The first-order valence-corrected chi connectivity index (χ1v) is 8.05. The van der Waals surface area contributed by atoms with Crippen LogP contribution < -0.4 is 5.32 Å². The molecule has 1 saturated heterocycles. The molecule has 0 spiro atoms. The Morgan fingerprint density at radius 2 is 2.00 bits per heavy atom. The lowest BCUT2D eigenvalue weighted by Gasteiger charge is -2.28. The molecule has 1 aliphatic heterocycles. The van der Waals surface area contributed by atoms with Crippen LogP contribution in [0, 0.1) is 0 Å². The largest absolute Gasteiger partial charge is 0.378 e. The van der Waals surface area contributed by atoms with Crippen molar-refractivity contribution < 1.29 is 4.74 Å². The first kappa shape index (κ1) is 12.7. The summed E-state index contributed by atoms with van der Waals surface area (Å²) in [5.74, 6) is 0. The van der Waals surface area contributed by atoms with Crippen LogP contribution in [0.15, 0.2) is 0 Å². The van der Waals surface area contributed by atoms with Crippen molar-refractivity contribution in [1.29, 1.82) is 0 Å². The van der Waals surface area contributed by atoms with Gasteiger partial charge in [-0.2, -0.15) is 11.8 Å². The molecule has 94 valence electrons. The van der Waals surface area contributed by atoms with Crippen molar-refractivity contribution in [3.05, 3.63) is 0 Å². The van der Waals surface area contributed by atoms with Crippen molar-refractivity contribution in [2.45, 2.75) is 62.3 Å². The minimum absolute atomic E-state index is 0.551. The summed E-state index contributed by atoms with van der Waals surface area (Å²) >= 11 is 2.04. The van der Waals surface area contributed by atoms with Crippen LogP contribution in [0.2, 0.25) is 0 Å². The van der Waals surface area contributed by atoms with Gasteiger partial charge in [0.1, 0.15) is 0 Å². The number of rotatable bonds is 5. The maximum absolute atomic E-state index is 5.63. The summed E-state index contributed by atoms with van der Waals surface area (Å²) in [4.78, 5) is 0. The Bertz CT molecular complexity index is 186. The lowest BCUT2D eigenvalue weighted by molar-refractivity contribution is 0.103. The molecule has 3 heteroatoms. The maximum atomic E-state index is 5.63. The lowest BCUT2D eigenvalue weighted by Crippen LogP contribution is -2.35. The zero-order valence-corrected chi connectivity index (χ0v) is 11.2. The molecule has 1 unspecified atom stereocenters. The Kier molecular flexibility index (Phi) is 5.46. The molecular formula is C13H25NOS. The fourth-order valence-electron chi connectivity index (χ4n) is 2.82. The highest BCUT2D eigenvalue weighted by atomic mass is 32.2. The number of thioether (sulfide) groups is 1. The topological polar surface area (TPSA) is 21.3 Å². The van der Waals surface area contributed by atoms with Crippen LogP contribution in [-0.4, -0.2) is 36.8 Å². The standard InChI is InChI=1S/C13H25NOS/c1-16-13-6-4-11(5-7-13)14-9-8-12-3-2-10-15-12/h11-14H,2-10H2,1H3. The second-order valence-electron chi connectivity index (χ2n) is 5.09. The molecule has 0 aromatic heterocycles. The van der Waals surface area contributed by atoms with Crippen LogP contribution in [0.1, 0.15) is 44.9 Å². The third-order valence-corrected chi connectivity index (χ3v) is 5.07. The summed E-state index contributed by atoms with van der Waals surface area (Å²) in [6.45, 7) is 2.14. The Labute approximate surface area is 104 Å². The molecule has 2 rings (SSSR count). The van der Waals surface area contributed by atoms with Gasteiger partial charge in [-0.05, 0) is 57.7 Å². The highest BCUT2D eigenvalue weighted by molar-refractivity contribution is 7.99. The zero-order chi connectivity index (χ0) is 11.2. The smallest absolute Gasteiger partial charge is 0.0588 e. The van der Waals surface area contributed by atoms with Crippen LogP contribution in [0.25, 0.3) is 0 Å². The first-order chi connectivity index (χ1) is 7.88. The van der Waals surface area contributed by atoms with Gasteiger partial charge in [0.25, 0.3) is 0 Å². The molecule has 0 aromatic rings. The Morgan fingerprint density at radius 3 is 2.62 bits per heavy atom. The predicted octanol–water partition coefficient (Wildman–Crippen LogP) is 2.82. The van der Waals surface area contributed by atoms with E-state index < -0.39 is 0 Å². The molecule has 0 radical (unpaired) electrons. The monoisotopic (exact) mass is 243 g/mol. The summed E-state index contributed by atoms with van der Waals surface area (Å²) < 4.78 is 5.63. The molecule has 1 atom stereocenters. The van der Waals surface area contributed by atoms with Gasteiger partial charge in [0.15, 0.2) is 0 Å². The highest BCUT2D eigenvalue weighted by Crippen LogP contribution is 2.26. The van der Waals surface area contributed by atoms with E-state index in [-0.39, 0.29) is 0 Å². The molecule has 0 amide bonds. The molecule has 1 aliphatic carbocycles. The van der Waals surface area contributed by atoms with E-state index in [0.717, 1.165) is 24.4 Å². The summed E-state index contributed by atoms with van der Waals surface area (Å²) in [6, 6.07) is 0.782. The van der Waals surface area contributed by atoms with Crippen LogP contribution in [0.3, 0.4) is 0 Å². The molecule has 1 saturated carbocycles. The number of nitrogens with one attached hydrogen (secondary N) is 1. The van der Waals surface area contributed by atoms with Crippen LogP contribution >= 0.6 is 11.8 Å². The predicted molar refractivity (Wildman–Crippen MR) is 71.2 cm³/mol. The Balaban J connectivity index is 1.53. The molecule has 16 heavy (non-hydrogen) atoms. The number of hydrogen-bond acceptors (Lipinski definition) is 3. The fourth-order valence-corrected chi connectivity index (χ4v) is 3.57. The van der Waals surface area contributed by atoms with Crippen molar-refractivity contribution in [1.82, 2.24) is 5.32 Å². The Morgan fingerprint density at radius 1 is 1.19 bits per heavy atom. The average molecular weight is 243 g/mol. The van der Waals surface area contributed by atoms with E-state index in [1.807, 2.05) is 11.8 Å². The van der Waals surface area contributed by atoms with Crippen molar-refractivity contribution in [2.75, 3.05) is 19.4 Å². The quantitative estimate of drug-likeness (QED) is 0.802. The normalized spacial score (nSPS) is 35.4. The second kappa shape index (κ2) is 6.87. The van der Waals surface area contributed by atoms with Gasteiger partial charge in [-0.1, -0.05) is 0 Å². The van der Waals surface area contributed by atoms with Crippen LogP contribution in [-0.2, 0) is 4.74 Å². The summed E-state index contributed by atoms with van der Waals surface area (Å²) in [5.41, 5.74) is 0. The van der Waals surface area contributed by atoms with E-state index in [9.17, 15) is 0 Å². The minimum Gasteiger partial charge on any atom is -0.378 e. The molecule has 2 aliphatic rings. The van der Waals surface area contributed by atoms with E-state index >= 15 is 0 Å². The van der Waals surface area contributed by atoms with E-state index in [1.54, 1.807) is 0 Å². The average Bonchev–Trinajstić information content (AvgIpc) is 2.83. The summed E-state index contributed by atoms with van der Waals surface area (Å²) in [5, 5.41) is 4.63. The van der Waals surface area contributed by atoms with Crippen molar-refractivity contribution >= 4 is 11.8 Å². The molecule has 1 heterocycles. The number of ether oxygens (including phenoxy) is 1. The van der Waals surface area contributed by atoms with Crippen molar-refractivity contribution in [3.63, 3.8) is 0 Å². The first-order valence-electron chi connectivity index (χ1n) is 6.76. The summed E-state index contributed by atoms with van der Waals surface area (Å²) in [7, 11) is 0. The molecular weight excluding hydrogens is 218 g/mol. The van der Waals surface area contributed by atoms with E-state index in [2.05, 4.69) is 11.6 Å². The van der Waals surface area contributed by atoms with Gasteiger partial charge in [-0.25, -0.2) is 0 Å². The Hall–Kier alpha value is 0.270. The van der Waals surface area contributed by atoms with Gasteiger partial charge in [0.2, 0.25) is 0 Å². The minimum atomic E-state index is 0.551. The van der Waals surface area contributed by atoms with E-state index in [0.29, 0.717) is 6.10 Å². The molecule has 1 N–H and O–H groups in total. The van der Waals surface area contributed by atoms with Gasteiger partial charge < -0.3 is 10.1 Å². The van der Waals surface area contributed by atoms with Gasteiger partial charge in [-0.3, -0.25) is 0 Å². The zero-order valence-electron chi connectivity index (χ0n) is 10.4. The maximum Gasteiger partial charge on any atom is 0.0588 e. The van der Waals surface area contributed by atoms with Gasteiger partial charge >= 0.3 is 0 Å². The molecule has 2 nitrogen and oxygen atoms in total. The van der Waals surface area contributed by atoms with Gasteiger partial charge in [0, 0.05) is 17.9 Å². The van der Waals surface area contributed by atoms with E-state index in [4.69, 9.17) is 4.74 Å². The molecule has 2 fully saturated rings. The van der Waals surface area contributed by atoms with Gasteiger partial charge in [-0.15, -0.1) is 0 Å². The lowest BCUT2D eigenvalue weighted by atomic mass is 9.95. The number of hydrogen-bond donors (Lipinski definition) is 1. The highest BCUT2D eigenvalue weighted by Gasteiger charge is 2.20. The SMILES string of the molecule is CSC1CCC(NCCC2CCCO2)CC1. The van der Waals surface area contributed by atoms with Crippen molar-refractivity contribution in [3.8, 4) is 0 Å². The summed E-state index contributed by atoms with van der Waals surface area (Å²) in [6.07, 6.45) is 12.1. The molecule has 0 aromatic carbocycles.